The summed E-state index contributed by atoms with van der Waals surface area (Å²) >= 11 is 0.203. The molecule has 1 aromatic rings. The first-order valence-electron chi connectivity index (χ1n) is 4.21. The maximum absolute atomic E-state index is 3.35. The van der Waals surface area contributed by atoms with Crippen LogP contribution in [-0.2, 0) is 11.1 Å². The third-order valence-electron chi connectivity index (χ3n) is 1.69. The van der Waals surface area contributed by atoms with Crippen LogP contribution < -0.4 is 4.72 Å². The van der Waals surface area contributed by atoms with E-state index in [0.717, 1.165) is 0 Å². The Kier molecular flexibility index (Phi) is 3.63. The van der Waals surface area contributed by atoms with Gasteiger partial charge in [-0.3, -0.25) is 0 Å². The molecule has 0 bridgehead atoms. The molecule has 0 radical (unpaired) electrons. The van der Waals surface area contributed by atoms with E-state index >= 15 is 0 Å². The molecule has 1 aromatic carbocycles. The van der Waals surface area contributed by atoms with E-state index in [9.17, 15) is 0 Å². The van der Waals surface area contributed by atoms with Gasteiger partial charge in [-0.15, -0.1) is 4.72 Å². The van der Waals surface area contributed by atoms with Crippen LogP contribution in [0.1, 0.15) is 13.8 Å². The molecule has 66 valence electrons. The Morgan fingerprint density at radius 1 is 1.17 bits per heavy atom. The first-order valence-corrected chi connectivity index (χ1v) is 5.50. The van der Waals surface area contributed by atoms with Crippen LogP contribution in [0.4, 0.5) is 0 Å². The van der Waals surface area contributed by atoms with Crippen LogP contribution in [0.25, 0.3) is 0 Å². The summed E-state index contributed by atoms with van der Waals surface area (Å²) in [5, 5.41) is 0.664. The van der Waals surface area contributed by atoms with Crippen molar-refractivity contribution in [1.82, 2.24) is 4.72 Å². The van der Waals surface area contributed by atoms with Gasteiger partial charge in [0.15, 0.2) is 4.90 Å². The van der Waals surface area contributed by atoms with Gasteiger partial charge in [-0.05, 0) is 26.0 Å². The summed E-state index contributed by atoms with van der Waals surface area (Å²) in [4.78, 5) is 1.40. The van der Waals surface area contributed by atoms with E-state index in [-0.39, 0.29) is 11.1 Å². The first kappa shape index (κ1) is 9.62. The molecule has 0 saturated heterocycles. The molecule has 0 fully saturated rings. The predicted molar refractivity (Wildman–Crippen MR) is 56.3 cm³/mol. The van der Waals surface area contributed by atoms with E-state index in [4.69, 9.17) is 0 Å². The summed E-state index contributed by atoms with van der Waals surface area (Å²) in [6.45, 7) is 4.49. The van der Waals surface area contributed by atoms with Crippen LogP contribution in [0.3, 0.4) is 0 Å². The predicted octanol–water partition coefficient (Wildman–Crippen LogP) is 2.21. The van der Waals surface area contributed by atoms with Gasteiger partial charge in [0.25, 0.3) is 0 Å². The van der Waals surface area contributed by atoms with Crippen LogP contribution in [0.2, 0.25) is 0 Å². The van der Waals surface area contributed by atoms with Crippen LogP contribution >= 0.6 is 0 Å². The molecule has 0 aliphatic heterocycles. The molecule has 0 heterocycles. The second kappa shape index (κ2) is 4.53. The van der Waals surface area contributed by atoms with E-state index in [1.54, 1.807) is 0 Å². The molecule has 0 aliphatic rings. The van der Waals surface area contributed by atoms with Crippen molar-refractivity contribution in [2.75, 3.05) is 7.05 Å². The molecular formula is C10H16NS+. The Morgan fingerprint density at radius 2 is 1.75 bits per heavy atom. The van der Waals surface area contributed by atoms with E-state index < -0.39 is 0 Å². The van der Waals surface area contributed by atoms with Gasteiger partial charge in [0.1, 0.15) is 16.3 Å². The monoisotopic (exact) mass is 182 g/mol. The van der Waals surface area contributed by atoms with Crippen LogP contribution in [-0.4, -0.2) is 12.3 Å². The Hall–Kier alpha value is -0.470. The van der Waals surface area contributed by atoms with E-state index in [2.05, 4.69) is 48.9 Å². The fourth-order valence-corrected chi connectivity index (χ4v) is 2.89. The van der Waals surface area contributed by atoms with Gasteiger partial charge in [0.05, 0.1) is 0 Å². The molecule has 0 aromatic heterocycles. The molecule has 12 heavy (non-hydrogen) atoms. The third kappa shape index (κ3) is 2.26. The smallest absolute Gasteiger partial charge is 0.136 e. The third-order valence-corrected chi connectivity index (χ3v) is 3.85. The highest BCUT2D eigenvalue weighted by Crippen LogP contribution is 2.14. The normalized spacial score (nSPS) is 13.3. The van der Waals surface area contributed by atoms with Crippen molar-refractivity contribution in [3.63, 3.8) is 0 Å². The second-order valence-corrected chi connectivity index (χ2v) is 5.40. The van der Waals surface area contributed by atoms with Crippen molar-refractivity contribution < 1.29 is 0 Å². The average molecular weight is 182 g/mol. The standard InChI is InChI=1S/C10H16NS/c1-9(2)12(11-3)10-7-5-4-6-8-10/h4-9,11H,1-3H3/q+1. The first-order chi connectivity index (χ1) is 5.75. The SMILES string of the molecule is CN[S+](c1ccccc1)C(C)C. The van der Waals surface area contributed by atoms with Gasteiger partial charge in [0.2, 0.25) is 0 Å². The van der Waals surface area contributed by atoms with Crippen LogP contribution in [0.5, 0.6) is 0 Å². The average Bonchev–Trinajstić information content (AvgIpc) is 2.07. The van der Waals surface area contributed by atoms with Crippen LogP contribution in [0.15, 0.2) is 35.2 Å². The minimum atomic E-state index is 0.203. The van der Waals surface area contributed by atoms with Gasteiger partial charge in [-0.25, -0.2) is 0 Å². The number of hydrogen-bond acceptors (Lipinski definition) is 1. The summed E-state index contributed by atoms with van der Waals surface area (Å²) in [6, 6.07) is 10.6. The molecule has 2 heteroatoms. The maximum Gasteiger partial charge on any atom is 0.175 e. The molecular weight excluding hydrogens is 166 g/mol. The number of hydrogen-bond donors (Lipinski definition) is 1. The Bertz CT molecular complexity index is 221. The highest BCUT2D eigenvalue weighted by Gasteiger charge is 2.23. The second-order valence-electron chi connectivity index (χ2n) is 2.90. The number of nitrogens with one attached hydrogen (secondary N) is 1. The van der Waals surface area contributed by atoms with Gasteiger partial charge in [0, 0.05) is 7.05 Å². The van der Waals surface area contributed by atoms with Gasteiger partial charge in [-0.1, -0.05) is 18.2 Å². The van der Waals surface area contributed by atoms with Gasteiger partial charge >= 0.3 is 0 Å². The summed E-state index contributed by atoms with van der Waals surface area (Å²) in [5.74, 6) is 0. The minimum absolute atomic E-state index is 0.203. The summed E-state index contributed by atoms with van der Waals surface area (Å²) in [7, 11) is 2.02. The van der Waals surface area contributed by atoms with E-state index in [0.29, 0.717) is 5.25 Å². The fraction of sp³-hybridized carbons (Fsp3) is 0.400. The zero-order valence-corrected chi connectivity index (χ0v) is 8.69. The van der Waals surface area contributed by atoms with E-state index in [1.807, 2.05) is 7.05 Å². The fourth-order valence-electron chi connectivity index (χ4n) is 1.19. The molecule has 0 spiro atoms. The van der Waals surface area contributed by atoms with Crippen LogP contribution in [0, 0.1) is 0 Å². The minimum Gasteiger partial charge on any atom is -0.136 e. The number of benzene rings is 1. The molecule has 1 unspecified atom stereocenters. The van der Waals surface area contributed by atoms with Crippen molar-refractivity contribution in [2.24, 2.45) is 0 Å². The molecule has 1 N–H and O–H groups in total. The Labute approximate surface area is 77.7 Å². The van der Waals surface area contributed by atoms with Crippen molar-refractivity contribution in [1.29, 1.82) is 0 Å². The Balaban J connectivity index is 2.80. The molecule has 0 saturated carbocycles. The summed E-state index contributed by atoms with van der Waals surface area (Å²) < 4.78 is 3.35. The molecule has 1 atom stereocenters. The van der Waals surface area contributed by atoms with Gasteiger partial charge in [-0.2, -0.15) is 0 Å². The van der Waals surface area contributed by atoms with Crippen molar-refractivity contribution in [3.8, 4) is 0 Å². The highest BCUT2D eigenvalue weighted by molar-refractivity contribution is 7.95. The van der Waals surface area contributed by atoms with E-state index in [1.165, 1.54) is 4.90 Å². The lowest BCUT2D eigenvalue weighted by molar-refractivity contribution is 1.05. The quantitative estimate of drug-likeness (QED) is 0.707. The lowest BCUT2D eigenvalue weighted by Crippen LogP contribution is -2.28. The lowest BCUT2D eigenvalue weighted by Gasteiger charge is -2.08. The lowest BCUT2D eigenvalue weighted by atomic mass is 10.4. The summed E-state index contributed by atoms with van der Waals surface area (Å²) in [5.41, 5.74) is 0. The Morgan fingerprint density at radius 3 is 2.17 bits per heavy atom. The van der Waals surface area contributed by atoms with Crippen molar-refractivity contribution in [2.45, 2.75) is 24.0 Å². The number of rotatable bonds is 3. The van der Waals surface area contributed by atoms with Crippen molar-refractivity contribution in [3.05, 3.63) is 30.3 Å². The largest absolute Gasteiger partial charge is 0.175 e. The molecule has 0 aliphatic carbocycles. The van der Waals surface area contributed by atoms with Gasteiger partial charge < -0.3 is 0 Å². The summed E-state index contributed by atoms with van der Waals surface area (Å²) in [6.07, 6.45) is 0. The highest BCUT2D eigenvalue weighted by atomic mass is 32.2. The maximum atomic E-state index is 3.35. The van der Waals surface area contributed by atoms with Crippen molar-refractivity contribution >= 4 is 11.1 Å². The molecule has 1 nitrogen and oxygen atoms in total. The zero-order valence-electron chi connectivity index (χ0n) is 7.87. The molecule has 0 amide bonds. The zero-order chi connectivity index (χ0) is 8.97. The topological polar surface area (TPSA) is 12.0 Å². The molecule has 1 rings (SSSR count).